The molecule has 0 saturated heterocycles. The van der Waals surface area contributed by atoms with E-state index in [1.54, 1.807) is 18.2 Å². The fraction of sp³-hybridized carbons (Fsp3) is 0.429. The number of fused-ring (bicyclic) bond motifs is 2. The van der Waals surface area contributed by atoms with Gasteiger partial charge in [-0.25, -0.2) is 4.79 Å². The van der Waals surface area contributed by atoms with E-state index in [0.29, 0.717) is 17.3 Å². The standard InChI is InChI=1S/C56H68N6O4S2/c1-5-9-13-17-33-58-47-28-25-44(38-49(47)60(55(58)67)35-19-15-11-7-3)62(45-26-29-48-50(39-45)61(36-20-16-12-8-4)56(68)59(48)34-18-14-10-6-2)43-23-21-41(22-24-43)51-31-32-53(66-51)52-30-27-46(65-52)37-42(40-57)54(63)64/h21-32,37-39H,5-20,33-36H2,1-4H3,(H,63,64)/b42-37+. The van der Waals surface area contributed by atoms with Crippen molar-refractivity contribution in [2.45, 2.75) is 157 Å². The van der Waals surface area contributed by atoms with Crippen LogP contribution in [0.15, 0.2) is 99.3 Å². The van der Waals surface area contributed by atoms with Crippen molar-refractivity contribution < 1.29 is 18.7 Å². The zero-order valence-electron chi connectivity index (χ0n) is 40.5. The summed E-state index contributed by atoms with van der Waals surface area (Å²) in [5, 5.41) is 18.5. The molecule has 68 heavy (non-hydrogen) atoms. The third kappa shape index (κ3) is 11.7. The number of imidazole rings is 2. The van der Waals surface area contributed by atoms with E-state index in [1.165, 1.54) is 94.2 Å². The van der Waals surface area contributed by atoms with Crippen molar-refractivity contribution in [2.24, 2.45) is 0 Å². The highest BCUT2D eigenvalue weighted by molar-refractivity contribution is 7.71. The van der Waals surface area contributed by atoms with Gasteiger partial charge in [0.25, 0.3) is 0 Å². The summed E-state index contributed by atoms with van der Waals surface area (Å²) in [6, 6.07) is 30.9. The number of anilines is 3. The van der Waals surface area contributed by atoms with E-state index in [2.05, 4.69) is 112 Å². The topological polar surface area (TPSA) is 110 Å². The molecule has 7 aromatic rings. The Labute approximate surface area is 412 Å². The Bertz CT molecular complexity index is 2850. The molecule has 0 saturated carbocycles. The number of furan rings is 2. The van der Waals surface area contributed by atoms with Gasteiger partial charge in [0.2, 0.25) is 0 Å². The van der Waals surface area contributed by atoms with Crippen molar-refractivity contribution in [3.63, 3.8) is 0 Å². The number of hydrogen-bond donors (Lipinski definition) is 1. The van der Waals surface area contributed by atoms with Gasteiger partial charge in [-0.15, -0.1) is 0 Å². The van der Waals surface area contributed by atoms with Crippen molar-refractivity contribution in [3.05, 3.63) is 106 Å². The maximum Gasteiger partial charge on any atom is 0.346 e. The highest BCUT2D eigenvalue weighted by atomic mass is 32.1. The number of benzene rings is 3. The molecule has 0 aliphatic heterocycles. The molecule has 0 aliphatic rings. The molecule has 0 atom stereocenters. The number of carboxylic acid groups (broad SMARTS) is 1. The minimum Gasteiger partial charge on any atom is -0.477 e. The van der Waals surface area contributed by atoms with Crippen LogP contribution in [0.4, 0.5) is 17.1 Å². The van der Waals surface area contributed by atoms with Crippen LogP contribution in [0.2, 0.25) is 0 Å². The number of hydrogen-bond acceptors (Lipinski definition) is 7. The van der Waals surface area contributed by atoms with Crippen LogP contribution in [-0.2, 0) is 31.0 Å². The summed E-state index contributed by atoms with van der Waals surface area (Å²) in [5.74, 6) is 0.512. The van der Waals surface area contributed by atoms with Gasteiger partial charge < -0.3 is 37.1 Å². The molecule has 0 amide bonds. The number of aliphatic carboxylic acids is 1. The molecule has 358 valence electrons. The van der Waals surface area contributed by atoms with Gasteiger partial charge in [0.15, 0.2) is 21.1 Å². The van der Waals surface area contributed by atoms with Gasteiger partial charge in [-0.2, -0.15) is 5.26 Å². The van der Waals surface area contributed by atoms with Gasteiger partial charge in [-0.05, 0) is 135 Å². The van der Waals surface area contributed by atoms with Gasteiger partial charge >= 0.3 is 5.97 Å². The Morgan fingerprint density at radius 3 is 1.40 bits per heavy atom. The van der Waals surface area contributed by atoms with E-state index in [-0.39, 0.29) is 5.76 Å². The first-order valence-corrected chi connectivity index (χ1v) is 25.9. The second-order valence-electron chi connectivity index (χ2n) is 18.0. The molecule has 0 bridgehead atoms. The molecule has 12 heteroatoms. The van der Waals surface area contributed by atoms with Crippen LogP contribution in [0.5, 0.6) is 0 Å². The molecular weight excluding hydrogens is 885 g/mol. The largest absolute Gasteiger partial charge is 0.477 e. The van der Waals surface area contributed by atoms with Crippen LogP contribution >= 0.6 is 24.4 Å². The van der Waals surface area contributed by atoms with Gasteiger partial charge in [0.05, 0.1) is 22.1 Å². The summed E-state index contributed by atoms with van der Waals surface area (Å²) < 4.78 is 23.4. The minimum atomic E-state index is -1.31. The Balaban J connectivity index is 1.32. The first-order valence-electron chi connectivity index (χ1n) is 25.1. The lowest BCUT2D eigenvalue weighted by Gasteiger charge is -2.26. The number of carboxylic acids is 1. The summed E-state index contributed by atoms with van der Waals surface area (Å²) in [6.07, 6.45) is 20.0. The molecular formula is C56H68N6O4S2. The number of nitrogens with zero attached hydrogens (tertiary/aromatic N) is 6. The number of aromatic nitrogens is 4. The predicted molar refractivity (Wildman–Crippen MR) is 283 cm³/mol. The molecule has 0 aliphatic carbocycles. The molecule has 0 radical (unpaired) electrons. The van der Waals surface area contributed by atoms with Crippen molar-refractivity contribution >= 4 is 75.6 Å². The van der Waals surface area contributed by atoms with Gasteiger partial charge in [-0.3, -0.25) is 0 Å². The highest BCUT2D eigenvalue weighted by Gasteiger charge is 2.21. The predicted octanol–water partition coefficient (Wildman–Crippen LogP) is 17.0. The zero-order chi connectivity index (χ0) is 48.0. The second kappa shape index (κ2) is 24.4. The van der Waals surface area contributed by atoms with E-state index >= 15 is 0 Å². The van der Waals surface area contributed by atoms with Crippen LogP contribution in [0.3, 0.4) is 0 Å². The Kier molecular flexibility index (Phi) is 17.9. The zero-order valence-corrected chi connectivity index (χ0v) is 42.1. The normalized spacial score (nSPS) is 11.8. The summed E-state index contributed by atoms with van der Waals surface area (Å²) in [7, 11) is 0. The summed E-state index contributed by atoms with van der Waals surface area (Å²) >= 11 is 12.6. The Morgan fingerprint density at radius 2 is 0.956 bits per heavy atom. The van der Waals surface area contributed by atoms with Crippen molar-refractivity contribution in [1.29, 1.82) is 5.26 Å². The van der Waals surface area contributed by atoms with E-state index < -0.39 is 11.5 Å². The quantitative estimate of drug-likeness (QED) is 0.0235. The average molecular weight is 953 g/mol. The Hall–Kier alpha value is -5.90. The lowest BCUT2D eigenvalue weighted by Crippen LogP contribution is -2.10. The molecule has 1 N–H and O–H groups in total. The molecule has 0 fully saturated rings. The van der Waals surface area contributed by atoms with E-state index in [4.69, 9.17) is 33.3 Å². The maximum atomic E-state index is 11.4. The van der Waals surface area contributed by atoms with E-state index in [0.717, 1.165) is 95.1 Å². The van der Waals surface area contributed by atoms with Gasteiger partial charge in [-0.1, -0.05) is 105 Å². The van der Waals surface area contributed by atoms with Crippen LogP contribution in [0.25, 0.3) is 51.0 Å². The molecule has 3 aromatic carbocycles. The molecule has 0 spiro atoms. The summed E-state index contributed by atoms with van der Waals surface area (Å²) in [5.41, 5.74) is 8.23. The van der Waals surface area contributed by atoms with Crippen molar-refractivity contribution in [1.82, 2.24) is 18.3 Å². The fourth-order valence-electron chi connectivity index (χ4n) is 9.24. The van der Waals surface area contributed by atoms with Crippen LogP contribution in [0, 0.1) is 20.9 Å². The lowest BCUT2D eigenvalue weighted by atomic mass is 10.1. The van der Waals surface area contributed by atoms with E-state index in [1.807, 2.05) is 12.1 Å². The average Bonchev–Trinajstić information content (AvgIpc) is 4.14. The first-order chi connectivity index (χ1) is 33.2. The third-order valence-electron chi connectivity index (χ3n) is 13.0. The number of carbonyl (C=O) groups is 1. The van der Waals surface area contributed by atoms with E-state index in [9.17, 15) is 15.2 Å². The smallest absolute Gasteiger partial charge is 0.346 e. The number of aryl methyl sites for hydroxylation is 4. The second-order valence-corrected chi connectivity index (χ2v) is 18.7. The summed E-state index contributed by atoms with van der Waals surface area (Å²) in [4.78, 5) is 13.7. The molecule has 4 aromatic heterocycles. The van der Waals surface area contributed by atoms with Crippen LogP contribution in [0.1, 0.15) is 136 Å². The molecule has 10 nitrogen and oxygen atoms in total. The van der Waals surface area contributed by atoms with Gasteiger partial charge in [0.1, 0.15) is 23.2 Å². The number of nitriles is 1. The lowest BCUT2D eigenvalue weighted by molar-refractivity contribution is -0.132. The third-order valence-corrected chi connectivity index (χ3v) is 13.9. The molecule has 0 unspecified atom stereocenters. The van der Waals surface area contributed by atoms with Crippen LogP contribution in [-0.4, -0.2) is 29.3 Å². The SMILES string of the molecule is CCCCCCn1c(=S)n(CCCCCC)c2cc(N(c3ccc(-c4ccc(-c5ccc(/C=C(\C#N)C(=O)O)o5)o4)cc3)c3ccc4c(c3)n(CCCCCC)c(=S)n4CCCCCC)ccc21. The van der Waals surface area contributed by atoms with Gasteiger partial charge in [0, 0.05) is 54.9 Å². The fourth-order valence-corrected chi connectivity index (χ4v) is 10.00. The molecule has 4 heterocycles. The number of unbranched alkanes of at least 4 members (excludes halogenated alkanes) is 12. The highest BCUT2D eigenvalue weighted by Crippen LogP contribution is 2.40. The minimum absolute atomic E-state index is 0.252. The number of rotatable bonds is 27. The Morgan fingerprint density at radius 1 is 0.544 bits per heavy atom. The van der Waals surface area contributed by atoms with Crippen molar-refractivity contribution in [2.75, 3.05) is 4.90 Å². The summed E-state index contributed by atoms with van der Waals surface area (Å²) in [6.45, 7) is 12.6. The molecule has 7 rings (SSSR count). The van der Waals surface area contributed by atoms with Crippen LogP contribution < -0.4 is 4.90 Å². The van der Waals surface area contributed by atoms with Crippen molar-refractivity contribution in [3.8, 4) is 28.9 Å². The monoisotopic (exact) mass is 952 g/mol. The first kappa shape index (κ1) is 50.0. The maximum absolute atomic E-state index is 11.4.